The summed E-state index contributed by atoms with van der Waals surface area (Å²) in [7, 11) is 0. The standard InChI is InChI=1S/C24H31N5OS/c1-5-28(20-12-9-10-18(3)16-20)15-14-25-22(30)17-31-24-27-26-23(29(24)6-2)21-13-8-7-11-19(21)4/h7-13,16H,5-6,14-15,17H2,1-4H3,(H,25,30). The zero-order chi connectivity index (χ0) is 22.2. The number of nitrogens with one attached hydrogen (secondary N) is 1. The van der Waals surface area contributed by atoms with Gasteiger partial charge in [-0.25, -0.2) is 0 Å². The fourth-order valence-corrected chi connectivity index (χ4v) is 4.34. The fourth-order valence-electron chi connectivity index (χ4n) is 3.51. The van der Waals surface area contributed by atoms with Gasteiger partial charge in [-0.1, -0.05) is 48.2 Å². The van der Waals surface area contributed by atoms with Gasteiger partial charge in [0.25, 0.3) is 0 Å². The van der Waals surface area contributed by atoms with E-state index < -0.39 is 0 Å². The zero-order valence-electron chi connectivity index (χ0n) is 18.8. The van der Waals surface area contributed by atoms with E-state index in [9.17, 15) is 4.79 Å². The highest BCUT2D eigenvalue weighted by atomic mass is 32.2. The molecule has 0 bridgehead atoms. The van der Waals surface area contributed by atoms with Crippen LogP contribution >= 0.6 is 11.8 Å². The number of hydrogen-bond acceptors (Lipinski definition) is 5. The van der Waals surface area contributed by atoms with Gasteiger partial charge in [0.15, 0.2) is 11.0 Å². The van der Waals surface area contributed by atoms with Gasteiger partial charge in [0.1, 0.15) is 0 Å². The number of carbonyl (C=O) groups is 1. The van der Waals surface area contributed by atoms with Gasteiger partial charge < -0.3 is 14.8 Å². The summed E-state index contributed by atoms with van der Waals surface area (Å²) in [4.78, 5) is 14.7. The van der Waals surface area contributed by atoms with E-state index in [0.29, 0.717) is 12.3 Å². The fraction of sp³-hybridized carbons (Fsp3) is 0.375. The molecule has 7 heteroatoms. The summed E-state index contributed by atoms with van der Waals surface area (Å²) >= 11 is 1.43. The molecule has 31 heavy (non-hydrogen) atoms. The summed E-state index contributed by atoms with van der Waals surface area (Å²) in [5.41, 5.74) is 4.66. The van der Waals surface area contributed by atoms with Gasteiger partial charge in [0.05, 0.1) is 5.75 Å². The Morgan fingerprint density at radius 2 is 1.90 bits per heavy atom. The van der Waals surface area contributed by atoms with Crippen LogP contribution in [0.15, 0.2) is 53.7 Å². The number of anilines is 1. The van der Waals surface area contributed by atoms with E-state index in [-0.39, 0.29) is 5.91 Å². The van der Waals surface area contributed by atoms with Crippen molar-refractivity contribution in [1.82, 2.24) is 20.1 Å². The van der Waals surface area contributed by atoms with Crippen LogP contribution in [0.1, 0.15) is 25.0 Å². The maximum absolute atomic E-state index is 12.4. The van der Waals surface area contributed by atoms with Crippen LogP contribution < -0.4 is 10.2 Å². The molecule has 1 N–H and O–H groups in total. The molecular weight excluding hydrogens is 406 g/mol. The third-order valence-electron chi connectivity index (χ3n) is 5.20. The van der Waals surface area contributed by atoms with Crippen LogP contribution in [-0.2, 0) is 11.3 Å². The van der Waals surface area contributed by atoms with Crippen molar-refractivity contribution >= 4 is 23.4 Å². The molecule has 0 fully saturated rings. The second-order valence-corrected chi connectivity index (χ2v) is 8.37. The predicted molar refractivity (Wildman–Crippen MR) is 129 cm³/mol. The minimum absolute atomic E-state index is 0.00777. The second kappa shape index (κ2) is 11.0. The van der Waals surface area contributed by atoms with Crippen molar-refractivity contribution in [3.8, 4) is 11.4 Å². The highest BCUT2D eigenvalue weighted by molar-refractivity contribution is 7.99. The lowest BCUT2D eigenvalue weighted by Crippen LogP contribution is -2.35. The zero-order valence-corrected chi connectivity index (χ0v) is 19.6. The highest BCUT2D eigenvalue weighted by Crippen LogP contribution is 2.26. The van der Waals surface area contributed by atoms with E-state index in [1.54, 1.807) is 0 Å². The third kappa shape index (κ3) is 5.88. The Hall–Kier alpha value is -2.80. The summed E-state index contributed by atoms with van der Waals surface area (Å²) in [6.45, 7) is 11.4. The Bertz CT molecular complexity index is 1020. The molecule has 0 spiro atoms. The number of thioether (sulfide) groups is 1. The van der Waals surface area contributed by atoms with E-state index in [4.69, 9.17) is 0 Å². The summed E-state index contributed by atoms with van der Waals surface area (Å²) in [6.07, 6.45) is 0. The van der Waals surface area contributed by atoms with Crippen LogP contribution in [0.25, 0.3) is 11.4 Å². The Morgan fingerprint density at radius 3 is 2.61 bits per heavy atom. The number of hydrogen-bond donors (Lipinski definition) is 1. The lowest BCUT2D eigenvalue weighted by atomic mass is 10.1. The minimum Gasteiger partial charge on any atom is -0.370 e. The lowest BCUT2D eigenvalue weighted by molar-refractivity contribution is -0.118. The minimum atomic E-state index is 0.00777. The quantitative estimate of drug-likeness (QED) is 0.479. The molecule has 0 radical (unpaired) electrons. The van der Waals surface area contributed by atoms with Crippen molar-refractivity contribution in [2.24, 2.45) is 0 Å². The maximum Gasteiger partial charge on any atom is 0.230 e. The number of aryl methyl sites for hydroxylation is 2. The van der Waals surface area contributed by atoms with E-state index in [2.05, 4.69) is 89.1 Å². The van der Waals surface area contributed by atoms with Gasteiger partial charge in [0, 0.05) is 37.4 Å². The molecule has 0 saturated carbocycles. The first-order chi connectivity index (χ1) is 15.0. The van der Waals surface area contributed by atoms with Crippen LogP contribution in [0, 0.1) is 13.8 Å². The average Bonchev–Trinajstić information content (AvgIpc) is 3.18. The molecule has 164 valence electrons. The van der Waals surface area contributed by atoms with E-state index in [1.165, 1.54) is 23.0 Å². The Labute approximate surface area is 189 Å². The molecule has 2 aromatic carbocycles. The second-order valence-electron chi connectivity index (χ2n) is 7.42. The van der Waals surface area contributed by atoms with Gasteiger partial charge in [-0.05, 0) is 51.0 Å². The molecule has 0 unspecified atom stereocenters. The number of amides is 1. The summed E-state index contributed by atoms with van der Waals surface area (Å²) in [5.74, 6) is 1.18. The molecule has 0 atom stereocenters. The monoisotopic (exact) mass is 437 g/mol. The number of rotatable bonds is 10. The van der Waals surface area contributed by atoms with E-state index in [1.807, 2.05) is 12.1 Å². The molecule has 1 aromatic heterocycles. The number of aromatic nitrogens is 3. The largest absolute Gasteiger partial charge is 0.370 e. The van der Waals surface area contributed by atoms with Crippen LogP contribution in [0.2, 0.25) is 0 Å². The summed E-state index contributed by atoms with van der Waals surface area (Å²) in [5, 5.41) is 12.5. The number of likely N-dealkylation sites (N-methyl/N-ethyl adjacent to an activating group) is 1. The van der Waals surface area contributed by atoms with Crippen LogP contribution in [0.3, 0.4) is 0 Å². The molecule has 0 aliphatic heterocycles. The van der Waals surface area contributed by atoms with Crippen molar-refractivity contribution in [3.63, 3.8) is 0 Å². The van der Waals surface area contributed by atoms with Gasteiger partial charge in [-0.2, -0.15) is 0 Å². The van der Waals surface area contributed by atoms with Crippen LogP contribution in [-0.4, -0.2) is 46.1 Å². The van der Waals surface area contributed by atoms with Crippen molar-refractivity contribution in [1.29, 1.82) is 0 Å². The first-order valence-corrected chi connectivity index (χ1v) is 11.7. The SMILES string of the molecule is CCN(CCNC(=O)CSc1nnc(-c2ccccc2C)n1CC)c1cccc(C)c1. The molecule has 3 rings (SSSR count). The smallest absolute Gasteiger partial charge is 0.230 e. The molecule has 0 aliphatic carbocycles. The average molecular weight is 438 g/mol. The number of nitrogens with zero attached hydrogens (tertiary/aromatic N) is 4. The summed E-state index contributed by atoms with van der Waals surface area (Å²) < 4.78 is 2.07. The lowest BCUT2D eigenvalue weighted by Gasteiger charge is -2.23. The summed E-state index contributed by atoms with van der Waals surface area (Å²) in [6, 6.07) is 16.6. The van der Waals surface area contributed by atoms with Crippen molar-refractivity contribution in [2.45, 2.75) is 39.4 Å². The van der Waals surface area contributed by atoms with E-state index in [0.717, 1.165) is 41.7 Å². The Morgan fingerprint density at radius 1 is 1.10 bits per heavy atom. The number of benzene rings is 2. The first-order valence-electron chi connectivity index (χ1n) is 10.7. The van der Waals surface area contributed by atoms with Gasteiger partial charge in [0.2, 0.25) is 5.91 Å². The van der Waals surface area contributed by atoms with E-state index >= 15 is 0 Å². The van der Waals surface area contributed by atoms with Crippen molar-refractivity contribution in [2.75, 3.05) is 30.3 Å². The number of carbonyl (C=O) groups excluding carboxylic acids is 1. The normalized spacial score (nSPS) is 10.8. The van der Waals surface area contributed by atoms with Crippen molar-refractivity contribution in [3.05, 3.63) is 59.7 Å². The third-order valence-corrected chi connectivity index (χ3v) is 6.17. The van der Waals surface area contributed by atoms with Gasteiger partial charge in [-0.15, -0.1) is 10.2 Å². The Kier molecular flexibility index (Phi) is 8.12. The molecular formula is C24H31N5OS. The van der Waals surface area contributed by atoms with Crippen LogP contribution in [0.4, 0.5) is 5.69 Å². The molecule has 1 amide bonds. The maximum atomic E-state index is 12.4. The molecule has 3 aromatic rings. The molecule has 1 heterocycles. The van der Waals surface area contributed by atoms with Crippen LogP contribution in [0.5, 0.6) is 0 Å². The molecule has 0 aliphatic rings. The van der Waals surface area contributed by atoms with Gasteiger partial charge in [-0.3, -0.25) is 4.79 Å². The Balaban J connectivity index is 1.53. The molecule has 0 saturated heterocycles. The topological polar surface area (TPSA) is 63.1 Å². The van der Waals surface area contributed by atoms with Gasteiger partial charge >= 0.3 is 0 Å². The highest BCUT2D eigenvalue weighted by Gasteiger charge is 2.16. The van der Waals surface area contributed by atoms with Crippen molar-refractivity contribution < 1.29 is 4.79 Å². The predicted octanol–water partition coefficient (Wildman–Crippen LogP) is 4.32. The molecule has 6 nitrogen and oxygen atoms in total. The first kappa shape index (κ1) is 22.9.